The van der Waals surface area contributed by atoms with Crippen molar-refractivity contribution in [1.29, 1.82) is 0 Å². The molecule has 0 unspecified atom stereocenters. The maximum absolute atomic E-state index is 12.7. The highest BCUT2D eigenvalue weighted by Crippen LogP contribution is 2.46. The summed E-state index contributed by atoms with van der Waals surface area (Å²) in [5.74, 6) is 0.595. The number of carbonyl (C=O) groups is 2. The SMILES string of the molecule is COc1cc(C(=O)OCC(=O)/C=C2/N(C)c3ccccc3C2(C)C)ccc1OCc1c(C)noc1C. The number of benzene rings is 2. The summed E-state index contributed by atoms with van der Waals surface area (Å²) in [5.41, 5.74) is 4.58. The molecule has 0 saturated heterocycles. The van der Waals surface area contributed by atoms with Gasteiger partial charge in [-0.3, -0.25) is 4.79 Å². The number of para-hydroxylation sites is 1. The Balaban J connectivity index is 1.41. The van der Waals surface area contributed by atoms with Crippen molar-refractivity contribution in [2.75, 3.05) is 25.7 Å². The Morgan fingerprint density at radius 1 is 1.11 bits per heavy atom. The molecule has 36 heavy (non-hydrogen) atoms. The van der Waals surface area contributed by atoms with Gasteiger partial charge in [0.25, 0.3) is 0 Å². The van der Waals surface area contributed by atoms with Crippen LogP contribution in [0, 0.1) is 13.8 Å². The van der Waals surface area contributed by atoms with Gasteiger partial charge < -0.3 is 23.6 Å². The fraction of sp³-hybridized carbons (Fsp3) is 0.321. The van der Waals surface area contributed by atoms with Crippen LogP contribution in [-0.2, 0) is 21.6 Å². The molecule has 0 saturated carbocycles. The van der Waals surface area contributed by atoms with Gasteiger partial charge in [-0.15, -0.1) is 0 Å². The number of rotatable bonds is 8. The highest BCUT2D eigenvalue weighted by molar-refractivity contribution is 5.96. The van der Waals surface area contributed by atoms with E-state index >= 15 is 0 Å². The molecule has 1 aliphatic rings. The fourth-order valence-electron chi connectivity index (χ4n) is 4.44. The number of ether oxygens (including phenoxy) is 3. The van der Waals surface area contributed by atoms with Gasteiger partial charge in [0, 0.05) is 29.9 Å². The van der Waals surface area contributed by atoms with Crippen molar-refractivity contribution in [3.05, 3.63) is 82.4 Å². The van der Waals surface area contributed by atoms with E-state index in [-0.39, 0.29) is 30.0 Å². The predicted octanol–water partition coefficient (Wildman–Crippen LogP) is 4.92. The standard InChI is InChI=1S/C28H30N2O6/c1-17-21(18(2)36-29-17)16-34-24-12-11-19(13-25(24)33-6)27(32)35-15-20(31)14-26-28(3,4)22-9-7-8-10-23(22)30(26)5/h7-14H,15-16H2,1-6H3/b26-14+. The summed E-state index contributed by atoms with van der Waals surface area (Å²) >= 11 is 0. The summed E-state index contributed by atoms with van der Waals surface area (Å²) in [4.78, 5) is 27.4. The number of hydrogen-bond donors (Lipinski definition) is 0. The lowest BCUT2D eigenvalue weighted by molar-refractivity contribution is -0.117. The normalized spacial score (nSPS) is 15.1. The predicted molar refractivity (Wildman–Crippen MR) is 135 cm³/mol. The van der Waals surface area contributed by atoms with Gasteiger partial charge >= 0.3 is 5.97 Å². The van der Waals surface area contributed by atoms with Gasteiger partial charge in [0.05, 0.1) is 23.9 Å². The number of ketones is 1. The summed E-state index contributed by atoms with van der Waals surface area (Å²) in [6, 6.07) is 12.8. The molecule has 0 fully saturated rings. The van der Waals surface area contributed by atoms with E-state index in [1.165, 1.54) is 13.2 Å². The molecule has 2 aromatic carbocycles. The third-order valence-electron chi connectivity index (χ3n) is 6.54. The van der Waals surface area contributed by atoms with Gasteiger partial charge in [-0.2, -0.15) is 0 Å². The molecule has 188 valence electrons. The minimum atomic E-state index is -0.625. The maximum Gasteiger partial charge on any atom is 0.338 e. The summed E-state index contributed by atoms with van der Waals surface area (Å²) in [5, 5.41) is 3.92. The van der Waals surface area contributed by atoms with Crippen LogP contribution in [0.15, 0.2) is 58.8 Å². The third kappa shape index (κ3) is 4.71. The minimum Gasteiger partial charge on any atom is -0.493 e. The first-order valence-electron chi connectivity index (χ1n) is 11.6. The van der Waals surface area contributed by atoms with Crippen LogP contribution in [0.1, 0.15) is 46.8 Å². The molecule has 8 heteroatoms. The van der Waals surface area contributed by atoms with Crippen LogP contribution >= 0.6 is 0 Å². The third-order valence-corrected chi connectivity index (χ3v) is 6.54. The van der Waals surface area contributed by atoms with Gasteiger partial charge in [-0.05, 0) is 43.7 Å². The quantitative estimate of drug-likeness (QED) is 0.325. The number of anilines is 1. The van der Waals surface area contributed by atoms with Crippen LogP contribution in [0.3, 0.4) is 0 Å². The summed E-state index contributed by atoms with van der Waals surface area (Å²) < 4.78 is 21.7. The molecule has 0 bridgehead atoms. The van der Waals surface area contributed by atoms with Gasteiger partial charge in [-0.1, -0.05) is 37.2 Å². The van der Waals surface area contributed by atoms with Crippen molar-refractivity contribution in [2.45, 2.75) is 39.7 Å². The second kappa shape index (κ2) is 9.89. The highest BCUT2D eigenvalue weighted by atomic mass is 16.5. The molecule has 1 aromatic heterocycles. The average molecular weight is 491 g/mol. The first kappa shape index (κ1) is 25.0. The lowest BCUT2D eigenvalue weighted by atomic mass is 9.83. The smallest absolute Gasteiger partial charge is 0.338 e. The summed E-state index contributed by atoms with van der Waals surface area (Å²) in [6.07, 6.45) is 1.56. The van der Waals surface area contributed by atoms with Crippen LogP contribution in [0.2, 0.25) is 0 Å². The number of likely N-dealkylation sites (N-methyl/N-ethyl adjacent to an activating group) is 1. The van der Waals surface area contributed by atoms with Gasteiger partial charge in [0.15, 0.2) is 23.9 Å². The molecular weight excluding hydrogens is 460 g/mol. The Kier molecular flexibility index (Phi) is 6.88. The molecule has 0 spiro atoms. The van der Waals surface area contributed by atoms with E-state index in [1.807, 2.05) is 44.0 Å². The number of carbonyl (C=O) groups excluding carboxylic acids is 2. The molecule has 0 N–H and O–H groups in total. The molecule has 1 aliphatic heterocycles. The number of nitrogens with zero attached hydrogens (tertiary/aromatic N) is 2. The number of fused-ring (bicyclic) bond motifs is 1. The van der Waals surface area contributed by atoms with Gasteiger partial charge in [0.1, 0.15) is 12.4 Å². The van der Waals surface area contributed by atoms with Gasteiger partial charge in [0.2, 0.25) is 0 Å². The number of hydrogen-bond acceptors (Lipinski definition) is 8. The molecule has 2 heterocycles. The number of aryl methyl sites for hydroxylation is 2. The second-order valence-electron chi connectivity index (χ2n) is 9.23. The Hall–Kier alpha value is -4.07. The Labute approximate surface area is 210 Å². The lowest BCUT2D eigenvalue weighted by Gasteiger charge is -2.23. The van der Waals surface area contributed by atoms with Crippen molar-refractivity contribution in [1.82, 2.24) is 5.16 Å². The topological polar surface area (TPSA) is 91.1 Å². The van der Waals surface area contributed by atoms with E-state index in [4.69, 9.17) is 18.7 Å². The lowest BCUT2D eigenvalue weighted by Crippen LogP contribution is -2.25. The molecular formula is C28H30N2O6. The molecule has 8 nitrogen and oxygen atoms in total. The summed E-state index contributed by atoms with van der Waals surface area (Å²) in [7, 11) is 3.42. The average Bonchev–Trinajstić information content (AvgIpc) is 3.29. The molecule has 0 amide bonds. The molecule has 0 aliphatic carbocycles. The number of esters is 1. The van der Waals surface area contributed by atoms with Gasteiger partial charge in [-0.25, -0.2) is 4.79 Å². The Morgan fingerprint density at radius 3 is 2.53 bits per heavy atom. The zero-order chi connectivity index (χ0) is 26.0. The Morgan fingerprint density at radius 2 is 1.86 bits per heavy atom. The van der Waals surface area contributed by atoms with Crippen molar-refractivity contribution in [3.8, 4) is 11.5 Å². The maximum atomic E-state index is 12.7. The van der Waals surface area contributed by atoms with Crippen molar-refractivity contribution in [2.24, 2.45) is 0 Å². The second-order valence-corrected chi connectivity index (χ2v) is 9.23. The highest BCUT2D eigenvalue weighted by Gasteiger charge is 2.38. The number of aromatic nitrogens is 1. The fourth-order valence-corrected chi connectivity index (χ4v) is 4.44. The molecule has 4 rings (SSSR count). The first-order valence-corrected chi connectivity index (χ1v) is 11.6. The van der Waals surface area contributed by atoms with E-state index in [2.05, 4.69) is 25.1 Å². The molecule has 0 radical (unpaired) electrons. The van der Waals surface area contributed by atoms with E-state index < -0.39 is 5.97 Å². The zero-order valence-corrected chi connectivity index (χ0v) is 21.4. The largest absolute Gasteiger partial charge is 0.493 e. The van der Waals surface area contributed by atoms with Crippen LogP contribution in [0.5, 0.6) is 11.5 Å². The summed E-state index contributed by atoms with van der Waals surface area (Å²) in [6.45, 7) is 7.68. The van der Waals surface area contributed by atoms with Crippen LogP contribution in [0.25, 0.3) is 0 Å². The molecule has 0 atom stereocenters. The van der Waals surface area contributed by atoms with Crippen LogP contribution in [0.4, 0.5) is 5.69 Å². The van der Waals surface area contributed by atoms with Crippen molar-refractivity contribution < 1.29 is 28.3 Å². The van der Waals surface area contributed by atoms with E-state index in [1.54, 1.807) is 18.2 Å². The van der Waals surface area contributed by atoms with Crippen molar-refractivity contribution >= 4 is 17.4 Å². The van der Waals surface area contributed by atoms with Crippen molar-refractivity contribution in [3.63, 3.8) is 0 Å². The van der Waals surface area contributed by atoms with Crippen LogP contribution < -0.4 is 14.4 Å². The van der Waals surface area contributed by atoms with Crippen LogP contribution in [-0.4, -0.2) is 37.7 Å². The first-order chi connectivity index (χ1) is 17.1. The number of allylic oxidation sites excluding steroid dienone is 1. The molecule has 3 aromatic rings. The zero-order valence-electron chi connectivity index (χ0n) is 21.4. The Bertz CT molecular complexity index is 1320. The van der Waals surface area contributed by atoms with E-state index in [9.17, 15) is 9.59 Å². The van der Waals surface area contributed by atoms with E-state index in [0.717, 1.165) is 28.2 Å². The minimum absolute atomic E-state index is 0.249. The van der Waals surface area contributed by atoms with E-state index in [0.29, 0.717) is 17.3 Å². The number of methoxy groups -OCH3 is 1. The monoisotopic (exact) mass is 490 g/mol.